The molecule has 100 valence electrons. The van der Waals surface area contributed by atoms with E-state index in [1.165, 1.54) is 19.3 Å². The fraction of sp³-hybridized carbons (Fsp3) is 0.600. The minimum atomic E-state index is -0.123. The Labute approximate surface area is 110 Å². The van der Waals surface area contributed by atoms with Crippen LogP contribution in [0.5, 0.6) is 5.75 Å². The van der Waals surface area contributed by atoms with E-state index in [-0.39, 0.29) is 6.04 Å². The van der Waals surface area contributed by atoms with Gasteiger partial charge in [0.1, 0.15) is 5.75 Å². The van der Waals surface area contributed by atoms with Crippen LogP contribution in [0.4, 0.5) is 5.69 Å². The Bertz CT molecular complexity index is 403. The molecule has 1 aromatic rings. The maximum absolute atomic E-state index is 10.0. The maximum Gasteiger partial charge on any atom is 0.122 e. The largest absolute Gasteiger partial charge is 0.508 e. The quantitative estimate of drug-likeness (QED) is 0.863. The normalized spacial score (nSPS) is 21.9. The van der Waals surface area contributed by atoms with Crippen LogP contribution in [0.25, 0.3) is 0 Å². The van der Waals surface area contributed by atoms with E-state index in [0.717, 1.165) is 24.2 Å². The number of aromatic hydroxyl groups is 1. The number of hydrogen-bond donors (Lipinski definition) is 2. The van der Waals surface area contributed by atoms with Gasteiger partial charge in [0.25, 0.3) is 0 Å². The van der Waals surface area contributed by atoms with Gasteiger partial charge in [-0.1, -0.05) is 13.0 Å². The number of phenolic OH excluding ortho intramolecular Hbond substituents is 1. The Hall–Kier alpha value is -1.22. The zero-order valence-electron chi connectivity index (χ0n) is 11.4. The number of hydrogen-bond acceptors (Lipinski definition) is 3. The van der Waals surface area contributed by atoms with Gasteiger partial charge in [0.05, 0.1) is 0 Å². The van der Waals surface area contributed by atoms with Crippen LogP contribution in [0, 0.1) is 0 Å². The summed E-state index contributed by atoms with van der Waals surface area (Å²) in [6.45, 7) is 5.22. The van der Waals surface area contributed by atoms with Gasteiger partial charge in [-0.2, -0.15) is 0 Å². The molecule has 3 N–H and O–H groups in total. The molecule has 3 heteroatoms. The van der Waals surface area contributed by atoms with Crippen LogP contribution in [0.1, 0.15) is 51.1 Å². The Morgan fingerprint density at radius 1 is 1.44 bits per heavy atom. The minimum Gasteiger partial charge on any atom is -0.508 e. The van der Waals surface area contributed by atoms with E-state index in [4.69, 9.17) is 5.73 Å². The minimum absolute atomic E-state index is 0.123. The summed E-state index contributed by atoms with van der Waals surface area (Å²) in [5, 5.41) is 10.0. The molecule has 2 atom stereocenters. The lowest BCUT2D eigenvalue weighted by molar-refractivity contribution is 0.444. The summed E-state index contributed by atoms with van der Waals surface area (Å²) >= 11 is 0. The van der Waals surface area contributed by atoms with Crippen molar-refractivity contribution in [2.24, 2.45) is 5.73 Å². The molecule has 1 fully saturated rings. The number of anilines is 1. The number of benzene rings is 1. The lowest BCUT2D eigenvalue weighted by atomic mass is 9.98. The third kappa shape index (κ3) is 2.61. The average molecular weight is 248 g/mol. The van der Waals surface area contributed by atoms with Crippen LogP contribution in [0.15, 0.2) is 18.2 Å². The first kappa shape index (κ1) is 13.2. The van der Waals surface area contributed by atoms with E-state index in [1.807, 2.05) is 19.1 Å². The molecule has 0 bridgehead atoms. The third-order valence-electron chi connectivity index (χ3n) is 3.93. The number of piperidine rings is 1. The number of phenols is 1. The topological polar surface area (TPSA) is 49.5 Å². The SMILES string of the molecule is CCC1CCCCN1c1ccc(C(C)N)c(O)c1. The van der Waals surface area contributed by atoms with E-state index in [2.05, 4.69) is 17.9 Å². The molecule has 1 heterocycles. The smallest absolute Gasteiger partial charge is 0.122 e. The van der Waals surface area contributed by atoms with Crippen LogP contribution in [0.3, 0.4) is 0 Å². The molecule has 0 spiro atoms. The second kappa shape index (κ2) is 5.61. The van der Waals surface area contributed by atoms with E-state index >= 15 is 0 Å². The number of nitrogens with zero attached hydrogens (tertiary/aromatic N) is 1. The lowest BCUT2D eigenvalue weighted by Gasteiger charge is -2.37. The Balaban J connectivity index is 2.24. The van der Waals surface area contributed by atoms with Gasteiger partial charge in [0.2, 0.25) is 0 Å². The number of nitrogens with two attached hydrogens (primary N) is 1. The zero-order chi connectivity index (χ0) is 13.1. The van der Waals surface area contributed by atoms with Gasteiger partial charge in [-0.15, -0.1) is 0 Å². The molecule has 18 heavy (non-hydrogen) atoms. The fourth-order valence-electron chi connectivity index (χ4n) is 2.86. The molecule has 0 amide bonds. The van der Waals surface area contributed by atoms with Crippen LogP contribution in [-0.4, -0.2) is 17.7 Å². The van der Waals surface area contributed by atoms with E-state index in [9.17, 15) is 5.11 Å². The first-order chi connectivity index (χ1) is 8.63. The zero-order valence-corrected chi connectivity index (χ0v) is 11.4. The van der Waals surface area contributed by atoms with Crippen molar-refractivity contribution in [1.82, 2.24) is 0 Å². The predicted molar refractivity (Wildman–Crippen MR) is 76.0 cm³/mol. The van der Waals surface area contributed by atoms with E-state index in [0.29, 0.717) is 11.8 Å². The van der Waals surface area contributed by atoms with Crippen molar-refractivity contribution in [1.29, 1.82) is 0 Å². The van der Waals surface area contributed by atoms with E-state index < -0.39 is 0 Å². The molecule has 0 aromatic heterocycles. The molecule has 1 saturated heterocycles. The molecule has 2 rings (SSSR count). The summed E-state index contributed by atoms with van der Waals surface area (Å²) in [6, 6.07) is 6.40. The summed E-state index contributed by atoms with van der Waals surface area (Å²) in [4.78, 5) is 2.42. The Morgan fingerprint density at radius 2 is 2.22 bits per heavy atom. The Morgan fingerprint density at radius 3 is 2.83 bits per heavy atom. The first-order valence-electron chi connectivity index (χ1n) is 6.98. The molecule has 0 aliphatic carbocycles. The molecule has 2 unspecified atom stereocenters. The highest BCUT2D eigenvalue weighted by atomic mass is 16.3. The summed E-state index contributed by atoms with van der Waals surface area (Å²) in [5.74, 6) is 0.322. The van der Waals surface area contributed by atoms with E-state index in [1.54, 1.807) is 0 Å². The van der Waals surface area contributed by atoms with Crippen LogP contribution < -0.4 is 10.6 Å². The Kier molecular flexibility index (Phi) is 4.12. The molecular formula is C15H24N2O. The highest BCUT2D eigenvalue weighted by Gasteiger charge is 2.21. The van der Waals surface area contributed by atoms with Crippen LogP contribution in [-0.2, 0) is 0 Å². The predicted octanol–water partition coefficient (Wildman–Crippen LogP) is 3.18. The number of rotatable bonds is 3. The monoisotopic (exact) mass is 248 g/mol. The van der Waals surface area contributed by atoms with Crippen molar-refractivity contribution in [3.05, 3.63) is 23.8 Å². The highest BCUT2D eigenvalue weighted by Crippen LogP contribution is 2.32. The summed E-state index contributed by atoms with van der Waals surface area (Å²) in [6.07, 6.45) is 4.98. The summed E-state index contributed by atoms with van der Waals surface area (Å²) in [7, 11) is 0. The van der Waals surface area contributed by atoms with Crippen molar-refractivity contribution in [3.8, 4) is 5.75 Å². The third-order valence-corrected chi connectivity index (χ3v) is 3.93. The van der Waals surface area contributed by atoms with Crippen molar-refractivity contribution in [3.63, 3.8) is 0 Å². The van der Waals surface area contributed by atoms with Crippen molar-refractivity contribution in [2.45, 2.75) is 51.6 Å². The highest BCUT2D eigenvalue weighted by molar-refractivity contribution is 5.55. The lowest BCUT2D eigenvalue weighted by Crippen LogP contribution is -2.39. The molecule has 0 saturated carbocycles. The van der Waals surface area contributed by atoms with Gasteiger partial charge in [0.15, 0.2) is 0 Å². The van der Waals surface area contributed by atoms with Gasteiger partial charge in [-0.05, 0) is 38.7 Å². The summed E-state index contributed by atoms with van der Waals surface area (Å²) in [5.41, 5.74) is 7.77. The second-order valence-electron chi connectivity index (χ2n) is 5.28. The van der Waals surface area contributed by atoms with Crippen molar-refractivity contribution in [2.75, 3.05) is 11.4 Å². The van der Waals surface area contributed by atoms with Gasteiger partial charge in [-0.25, -0.2) is 0 Å². The molecule has 1 aliphatic rings. The molecule has 1 aliphatic heterocycles. The first-order valence-corrected chi connectivity index (χ1v) is 6.98. The summed E-state index contributed by atoms with van der Waals surface area (Å²) < 4.78 is 0. The van der Waals surface area contributed by atoms with Gasteiger partial charge in [-0.3, -0.25) is 0 Å². The molecule has 3 nitrogen and oxygen atoms in total. The second-order valence-corrected chi connectivity index (χ2v) is 5.28. The van der Waals surface area contributed by atoms with Crippen LogP contribution >= 0.6 is 0 Å². The van der Waals surface area contributed by atoms with Crippen molar-refractivity contribution < 1.29 is 5.11 Å². The van der Waals surface area contributed by atoms with Crippen LogP contribution in [0.2, 0.25) is 0 Å². The van der Waals surface area contributed by atoms with Gasteiger partial charge < -0.3 is 15.7 Å². The molecule has 1 aromatic carbocycles. The van der Waals surface area contributed by atoms with Crippen molar-refractivity contribution >= 4 is 5.69 Å². The molecule has 0 radical (unpaired) electrons. The standard InChI is InChI=1S/C15H24N2O/c1-3-12-6-4-5-9-17(12)13-7-8-14(11(2)16)15(18)10-13/h7-8,10-12,18H,3-6,9,16H2,1-2H3. The maximum atomic E-state index is 10.0. The van der Waals surface area contributed by atoms with Gasteiger partial charge in [0, 0.05) is 35.9 Å². The molecular weight excluding hydrogens is 224 g/mol. The van der Waals surface area contributed by atoms with Gasteiger partial charge >= 0.3 is 0 Å². The average Bonchev–Trinajstić information content (AvgIpc) is 2.38. The fourth-order valence-corrected chi connectivity index (χ4v) is 2.86.